The van der Waals surface area contributed by atoms with Crippen LogP contribution in [0.2, 0.25) is 0 Å². The van der Waals surface area contributed by atoms with Crippen molar-refractivity contribution in [3.63, 3.8) is 0 Å². The van der Waals surface area contributed by atoms with E-state index in [1.807, 2.05) is 0 Å². The van der Waals surface area contributed by atoms with Gasteiger partial charge in [0, 0.05) is 25.3 Å². The molecule has 0 unspecified atom stereocenters. The molecule has 74 valence electrons. The summed E-state index contributed by atoms with van der Waals surface area (Å²) >= 11 is 0. The van der Waals surface area contributed by atoms with Gasteiger partial charge in [-0.1, -0.05) is 18.2 Å². The number of rotatable bonds is 2. The average Bonchev–Trinajstić information content (AvgIpc) is 2.69. The van der Waals surface area contributed by atoms with E-state index < -0.39 is 0 Å². The summed E-state index contributed by atoms with van der Waals surface area (Å²) in [5.74, 6) is 0. The van der Waals surface area contributed by atoms with Crippen LogP contribution in [0.3, 0.4) is 0 Å². The highest BCUT2D eigenvalue weighted by Gasteiger charge is 2.08. The predicted molar refractivity (Wildman–Crippen MR) is 60.4 cm³/mol. The lowest BCUT2D eigenvalue weighted by atomic mass is 10.1. The van der Waals surface area contributed by atoms with E-state index in [2.05, 4.69) is 42.2 Å². The van der Waals surface area contributed by atoms with Gasteiger partial charge in [-0.2, -0.15) is 0 Å². The molecule has 0 amide bonds. The van der Waals surface area contributed by atoms with E-state index in [4.69, 9.17) is 5.73 Å². The highest BCUT2D eigenvalue weighted by Crippen LogP contribution is 2.20. The molecule has 0 spiro atoms. The van der Waals surface area contributed by atoms with Crippen LogP contribution in [0.1, 0.15) is 11.1 Å². The van der Waals surface area contributed by atoms with Crippen LogP contribution in [0.5, 0.6) is 0 Å². The molecule has 1 aromatic carbocycles. The molecular formula is C12H16N2. The Morgan fingerprint density at radius 1 is 1.21 bits per heavy atom. The Morgan fingerprint density at radius 3 is 2.57 bits per heavy atom. The largest absolute Gasteiger partial charge is 0.364 e. The summed E-state index contributed by atoms with van der Waals surface area (Å²) in [5, 5.41) is 0. The van der Waals surface area contributed by atoms with Gasteiger partial charge >= 0.3 is 0 Å². The zero-order chi connectivity index (χ0) is 9.97. The summed E-state index contributed by atoms with van der Waals surface area (Å²) < 4.78 is 0. The van der Waals surface area contributed by atoms with Crippen LogP contribution in [0.25, 0.3) is 0 Å². The van der Waals surface area contributed by atoms with Gasteiger partial charge in [-0.25, -0.2) is 0 Å². The van der Waals surface area contributed by atoms with Crippen LogP contribution in [0.4, 0.5) is 5.69 Å². The van der Waals surface area contributed by atoms with Crippen LogP contribution >= 0.6 is 0 Å². The van der Waals surface area contributed by atoms with Gasteiger partial charge in [-0.3, -0.25) is 0 Å². The zero-order valence-electron chi connectivity index (χ0n) is 8.53. The summed E-state index contributed by atoms with van der Waals surface area (Å²) in [7, 11) is 0. The standard InChI is InChI=1S/C12H16N2/c1-10-6-11(9-13)8-12(7-10)14-4-2-3-5-14/h2-3,6-8H,4-5,9,13H2,1H3. The van der Waals surface area contributed by atoms with E-state index >= 15 is 0 Å². The van der Waals surface area contributed by atoms with Crippen molar-refractivity contribution < 1.29 is 0 Å². The van der Waals surface area contributed by atoms with Crippen LogP contribution in [0, 0.1) is 6.92 Å². The maximum absolute atomic E-state index is 5.65. The molecular weight excluding hydrogens is 172 g/mol. The molecule has 0 atom stereocenters. The van der Waals surface area contributed by atoms with Crippen LogP contribution < -0.4 is 10.6 Å². The number of anilines is 1. The summed E-state index contributed by atoms with van der Waals surface area (Å²) in [6, 6.07) is 6.54. The lowest BCUT2D eigenvalue weighted by Gasteiger charge is -2.19. The minimum atomic E-state index is 0.621. The molecule has 14 heavy (non-hydrogen) atoms. The Bertz CT molecular complexity index is 347. The van der Waals surface area contributed by atoms with E-state index in [0.717, 1.165) is 13.1 Å². The van der Waals surface area contributed by atoms with Crippen molar-refractivity contribution in [1.82, 2.24) is 0 Å². The van der Waals surface area contributed by atoms with Crippen LogP contribution in [-0.2, 0) is 6.54 Å². The van der Waals surface area contributed by atoms with Gasteiger partial charge < -0.3 is 10.6 Å². The molecule has 1 aliphatic rings. The molecule has 2 rings (SSSR count). The van der Waals surface area contributed by atoms with Gasteiger partial charge in [0.2, 0.25) is 0 Å². The van der Waals surface area contributed by atoms with Crippen molar-refractivity contribution in [1.29, 1.82) is 0 Å². The third kappa shape index (κ3) is 1.80. The SMILES string of the molecule is Cc1cc(CN)cc(N2CC=CC2)c1. The fourth-order valence-electron chi connectivity index (χ4n) is 1.83. The molecule has 0 saturated carbocycles. The minimum absolute atomic E-state index is 0.621. The number of hydrogen-bond acceptors (Lipinski definition) is 2. The number of benzene rings is 1. The molecule has 1 heterocycles. The third-order valence-electron chi connectivity index (χ3n) is 2.54. The highest BCUT2D eigenvalue weighted by atomic mass is 15.1. The summed E-state index contributed by atoms with van der Waals surface area (Å²) in [6.07, 6.45) is 4.40. The van der Waals surface area contributed by atoms with Crippen LogP contribution in [-0.4, -0.2) is 13.1 Å². The van der Waals surface area contributed by atoms with E-state index in [0.29, 0.717) is 6.54 Å². The molecule has 2 heteroatoms. The summed E-state index contributed by atoms with van der Waals surface area (Å²) in [4.78, 5) is 2.34. The molecule has 2 N–H and O–H groups in total. The van der Waals surface area contributed by atoms with E-state index in [1.165, 1.54) is 16.8 Å². The van der Waals surface area contributed by atoms with Gasteiger partial charge in [0.15, 0.2) is 0 Å². The van der Waals surface area contributed by atoms with Crippen LogP contribution in [0.15, 0.2) is 30.4 Å². The van der Waals surface area contributed by atoms with E-state index in [-0.39, 0.29) is 0 Å². The molecule has 0 radical (unpaired) electrons. The van der Waals surface area contributed by atoms with Gasteiger partial charge in [-0.05, 0) is 30.2 Å². The van der Waals surface area contributed by atoms with Crippen molar-refractivity contribution in [2.24, 2.45) is 5.73 Å². The van der Waals surface area contributed by atoms with Crippen molar-refractivity contribution in [2.45, 2.75) is 13.5 Å². The number of hydrogen-bond donors (Lipinski definition) is 1. The van der Waals surface area contributed by atoms with E-state index in [1.54, 1.807) is 0 Å². The monoisotopic (exact) mass is 188 g/mol. The first-order valence-corrected chi connectivity index (χ1v) is 5.00. The molecule has 0 bridgehead atoms. The second kappa shape index (κ2) is 3.84. The van der Waals surface area contributed by atoms with Gasteiger partial charge in [0.25, 0.3) is 0 Å². The fourth-order valence-corrected chi connectivity index (χ4v) is 1.83. The lowest BCUT2D eigenvalue weighted by Crippen LogP contribution is -2.18. The first kappa shape index (κ1) is 9.28. The van der Waals surface area contributed by atoms with Gasteiger partial charge in [0.1, 0.15) is 0 Å². The summed E-state index contributed by atoms with van der Waals surface area (Å²) in [6.45, 7) is 4.78. The topological polar surface area (TPSA) is 29.3 Å². The van der Waals surface area contributed by atoms with E-state index in [9.17, 15) is 0 Å². The maximum Gasteiger partial charge on any atom is 0.0377 e. The minimum Gasteiger partial charge on any atom is -0.364 e. The molecule has 0 fully saturated rings. The average molecular weight is 188 g/mol. The second-order valence-electron chi connectivity index (χ2n) is 3.76. The van der Waals surface area contributed by atoms with Gasteiger partial charge in [-0.15, -0.1) is 0 Å². The molecule has 0 aromatic heterocycles. The predicted octanol–water partition coefficient (Wildman–Crippen LogP) is 1.83. The Labute approximate surface area is 85.0 Å². The number of nitrogens with two attached hydrogens (primary N) is 1. The Hall–Kier alpha value is -1.28. The molecule has 0 saturated heterocycles. The highest BCUT2D eigenvalue weighted by molar-refractivity contribution is 5.53. The Balaban J connectivity index is 2.28. The third-order valence-corrected chi connectivity index (χ3v) is 2.54. The van der Waals surface area contributed by atoms with Crippen molar-refractivity contribution >= 4 is 5.69 Å². The first-order chi connectivity index (χ1) is 6.79. The van der Waals surface area contributed by atoms with Crippen molar-refractivity contribution in [2.75, 3.05) is 18.0 Å². The Kier molecular flexibility index (Phi) is 2.55. The quantitative estimate of drug-likeness (QED) is 0.717. The molecule has 2 nitrogen and oxygen atoms in total. The number of nitrogens with zero attached hydrogens (tertiary/aromatic N) is 1. The Morgan fingerprint density at radius 2 is 1.93 bits per heavy atom. The lowest BCUT2D eigenvalue weighted by molar-refractivity contribution is 0.991. The summed E-state index contributed by atoms with van der Waals surface area (Å²) in [5.41, 5.74) is 9.44. The molecule has 1 aliphatic heterocycles. The smallest absolute Gasteiger partial charge is 0.0377 e. The van der Waals surface area contributed by atoms with Gasteiger partial charge in [0.05, 0.1) is 0 Å². The second-order valence-corrected chi connectivity index (χ2v) is 3.76. The first-order valence-electron chi connectivity index (χ1n) is 5.00. The number of aryl methyl sites for hydroxylation is 1. The van der Waals surface area contributed by atoms with Crippen molar-refractivity contribution in [3.05, 3.63) is 41.5 Å². The molecule has 1 aromatic rings. The molecule has 0 aliphatic carbocycles. The zero-order valence-corrected chi connectivity index (χ0v) is 8.53. The fraction of sp³-hybridized carbons (Fsp3) is 0.333. The van der Waals surface area contributed by atoms with Crippen molar-refractivity contribution in [3.8, 4) is 0 Å². The normalized spacial score (nSPS) is 15.1. The maximum atomic E-state index is 5.65.